The maximum Gasteiger partial charge on any atom is 0.510 e. The second-order valence-electron chi connectivity index (χ2n) is 8.25. The van der Waals surface area contributed by atoms with E-state index in [9.17, 15) is 9.59 Å². The highest BCUT2D eigenvalue weighted by Gasteiger charge is 2.38. The fourth-order valence-electron chi connectivity index (χ4n) is 4.99. The molecule has 1 aliphatic carbocycles. The van der Waals surface area contributed by atoms with Crippen molar-refractivity contribution in [2.75, 3.05) is 33.3 Å². The summed E-state index contributed by atoms with van der Waals surface area (Å²) in [4.78, 5) is 29.1. The number of aromatic nitrogens is 1. The van der Waals surface area contributed by atoms with Gasteiger partial charge in [-0.15, -0.1) is 0 Å². The minimum atomic E-state index is -0.678. The van der Waals surface area contributed by atoms with Gasteiger partial charge < -0.3 is 18.9 Å². The molecular weight excluding hydrogens is 474 g/mol. The highest BCUT2D eigenvalue weighted by atomic mass is 79.9. The van der Waals surface area contributed by atoms with Crippen molar-refractivity contribution in [2.24, 2.45) is 5.92 Å². The predicted octanol–water partition coefficient (Wildman–Crippen LogP) is 4.27. The lowest BCUT2D eigenvalue weighted by atomic mass is 9.79. The van der Waals surface area contributed by atoms with Gasteiger partial charge in [-0.3, -0.25) is 9.69 Å². The van der Waals surface area contributed by atoms with Crippen LogP contribution in [0.1, 0.15) is 31.9 Å². The first-order chi connectivity index (χ1) is 15.4. The quantitative estimate of drug-likeness (QED) is 0.550. The zero-order valence-electron chi connectivity index (χ0n) is 19.1. The number of nitrogens with zero attached hydrogens (tertiary/aromatic N) is 3. The van der Waals surface area contributed by atoms with E-state index in [4.69, 9.17) is 9.47 Å². The van der Waals surface area contributed by atoms with Crippen LogP contribution in [0.15, 0.2) is 28.9 Å². The van der Waals surface area contributed by atoms with Gasteiger partial charge in [-0.1, -0.05) is 18.2 Å². The molecule has 32 heavy (non-hydrogen) atoms. The van der Waals surface area contributed by atoms with Crippen LogP contribution in [0.2, 0.25) is 0 Å². The topological polar surface area (TPSA) is 64.0 Å². The first kappa shape index (κ1) is 22.9. The molecule has 2 heterocycles. The number of halogens is 1. The third kappa shape index (κ3) is 3.83. The SMILES string of the molecule is CCOC(=O)OCn1c(Br)c2c3c(cccc31)C1=C[C@@H](C(=O)N(CC)CC)CN(C)[C@@H]1C2. The number of rotatable bonds is 6. The number of ether oxygens (including phenoxy) is 2. The highest BCUT2D eigenvalue weighted by molar-refractivity contribution is 9.10. The Morgan fingerprint density at radius 2 is 1.94 bits per heavy atom. The maximum atomic E-state index is 13.1. The summed E-state index contributed by atoms with van der Waals surface area (Å²) in [5.41, 5.74) is 4.55. The summed E-state index contributed by atoms with van der Waals surface area (Å²) in [6.07, 6.45) is 2.33. The highest BCUT2D eigenvalue weighted by Crippen LogP contribution is 2.44. The molecule has 7 nitrogen and oxygen atoms in total. The summed E-state index contributed by atoms with van der Waals surface area (Å²) in [5.74, 6) is 0.0352. The molecule has 1 aromatic heterocycles. The van der Waals surface area contributed by atoms with Crippen LogP contribution in [-0.4, -0.2) is 65.8 Å². The van der Waals surface area contributed by atoms with E-state index in [2.05, 4.69) is 40.0 Å². The van der Waals surface area contributed by atoms with E-state index in [0.29, 0.717) is 6.54 Å². The zero-order chi connectivity index (χ0) is 23.0. The Morgan fingerprint density at radius 1 is 1.19 bits per heavy atom. The number of benzene rings is 1. The Labute approximate surface area is 197 Å². The lowest BCUT2D eigenvalue weighted by Gasteiger charge is -2.40. The minimum Gasteiger partial charge on any atom is -0.435 e. The third-order valence-electron chi connectivity index (χ3n) is 6.55. The number of amides is 1. The van der Waals surface area contributed by atoms with Gasteiger partial charge in [-0.25, -0.2) is 4.79 Å². The Bertz CT molecular complexity index is 1070. The van der Waals surface area contributed by atoms with Crippen LogP contribution in [0.25, 0.3) is 16.5 Å². The number of carbonyl (C=O) groups is 2. The molecule has 0 saturated heterocycles. The Hall–Kier alpha value is -2.32. The normalized spacial score (nSPS) is 20.0. The second kappa shape index (κ2) is 9.27. The molecule has 1 aromatic carbocycles. The van der Waals surface area contributed by atoms with Gasteiger partial charge in [0.2, 0.25) is 5.91 Å². The lowest BCUT2D eigenvalue weighted by molar-refractivity contribution is -0.134. The monoisotopic (exact) mass is 503 g/mol. The average Bonchev–Trinajstić information content (AvgIpc) is 3.06. The van der Waals surface area contributed by atoms with Gasteiger partial charge in [-0.2, -0.15) is 0 Å². The summed E-state index contributed by atoms with van der Waals surface area (Å²) >= 11 is 3.75. The van der Waals surface area contributed by atoms with E-state index in [1.54, 1.807) is 6.92 Å². The Balaban J connectivity index is 1.76. The molecule has 0 fully saturated rings. The van der Waals surface area contributed by atoms with Crippen molar-refractivity contribution in [1.29, 1.82) is 0 Å². The van der Waals surface area contributed by atoms with Crippen LogP contribution in [0.3, 0.4) is 0 Å². The largest absolute Gasteiger partial charge is 0.510 e. The molecule has 1 aliphatic heterocycles. The average molecular weight is 504 g/mol. The first-order valence-corrected chi connectivity index (χ1v) is 12.0. The van der Waals surface area contributed by atoms with Gasteiger partial charge in [0.25, 0.3) is 0 Å². The number of hydrogen-bond acceptors (Lipinski definition) is 5. The molecule has 2 atom stereocenters. The van der Waals surface area contributed by atoms with E-state index in [0.717, 1.165) is 40.6 Å². The van der Waals surface area contributed by atoms with E-state index in [1.165, 1.54) is 11.1 Å². The van der Waals surface area contributed by atoms with Crippen LogP contribution in [0, 0.1) is 5.92 Å². The molecule has 172 valence electrons. The van der Waals surface area contributed by atoms with E-state index >= 15 is 0 Å². The van der Waals surface area contributed by atoms with Crippen LogP contribution in [-0.2, 0) is 27.4 Å². The fraction of sp³-hybridized carbons (Fsp3) is 0.500. The van der Waals surface area contributed by atoms with Gasteiger partial charge in [0.05, 0.1) is 22.6 Å². The van der Waals surface area contributed by atoms with E-state index < -0.39 is 6.16 Å². The lowest BCUT2D eigenvalue weighted by Crippen LogP contribution is -2.47. The zero-order valence-corrected chi connectivity index (χ0v) is 20.6. The number of carbonyl (C=O) groups excluding carboxylic acids is 2. The predicted molar refractivity (Wildman–Crippen MR) is 127 cm³/mol. The molecule has 0 spiro atoms. The summed E-state index contributed by atoms with van der Waals surface area (Å²) in [7, 11) is 2.10. The molecular formula is C24H30BrN3O4. The van der Waals surface area contributed by atoms with E-state index in [-0.39, 0.29) is 31.2 Å². The minimum absolute atomic E-state index is 0.0714. The van der Waals surface area contributed by atoms with Crippen LogP contribution < -0.4 is 0 Å². The van der Waals surface area contributed by atoms with Crippen LogP contribution >= 0.6 is 15.9 Å². The van der Waals surface area contributed by atoms with Crippen molar-refractivity contribution >= 4 is 44.5 Å². The van der Waals surface area contributed by atoms with Gasteiger partial charge in [0.15, 0.2) is 6.73 Å². The fourth-order valence-corrected chi connectivity index (χ4v) is 5.64. The molecule has 2 aliphatic rings. The molecule has 0 bridgehead atoms. The second-order valence-corrected chi connectivity index (χ2v) is 9.00. The Kier molecular flexibility index (Phi) is 6.62. The molecule has 8 heteroatoms. The van der Waals surface area contributed by atoms with Crippen molar-refractivity contribution in [3.8, 4) is 0 Å². The van der Waals surface area contributed by atoms with Crippen molar-refractivity contribution in [2.45, 2.75) is 40.0 Å². The summed E-state index contributed by atoms with van der Waals surface area (Å²) in [5, 5.41) is 1.15. The van der Waals surface area contributed by atoms with Crippen molar-refractivity contribution < 1.29 is 19.1 Å². The molecule has 1 amide bonds. The summed E-state index contributed by atoms with van der Waals surface area (Å²) in [6.45, 7) is 8.29. The molecule has 2 aromatic rings. The summed E-state index contributed by atoms with van der Waals surface area (Å²) in [6, 6.07) is 6.39. The van der Waals surface area contributed by atoms with Crippen molar-refractivity contribution in [1.82, 2.24) is 14.4 Å². The van der Waals surface area contributed by atoms with Gasteiger partial charge in [0.1, 0.15) is 0 Å². The van der Waals surface area contributed by atoms with Gasteiger partial charge in [0, 0.05) is 31.1 Å². The van der Waals surface area contributed by atoms with Crippen LogP contribution in [0.5, 0.6) is 0 Å². The standard InChI is InChI=1S/C24H30BrN3O4/c1-5-27(6-2)23(29)15-11-17-16-9-8-10-19-21(16)18(12-20(17)26(4)13-15)22(25)28(19)14-32-24(30)31-7-3/h8-11,15,20H,5-7,12-14H2,1-4H3/t15-,20-/m1/s1. The first-order valence-electron chi connectivity index (χ1n) is 11.2. The number of fused-ring (bicyclic) bond motifs is 2. The van der Waals surface area contributed by atoms with Crippen molar-refractivity contribution in [3.05, 3.63) is 40.0 Å². The van der Waals surface area contributed by atoms with Gasteiger partial charge >= 0.3 is 6.16 Å². The molecule has 0 N–H and O–H groups in total. The Morgan fingerprint density at radius 3 is 2.62 bits per heavy atom. The smallest absolute Gasteiger partial charge is 0.435 e. The summed E-state index contributed by atoms with van der Waals surface area (Å²) < 4.78 is 13.1. The van der Waals surface area contributed by atoms with Gasteiger partial charge in [-0.05, 0) is 72.9 Å². The molecule has 4 rings (SSSR count). The van der Waals surface area contributed by atoms with E-state index in [1.807, 2.05) is 35.4 Å². The van der Waals surface area contributed by atoms with Crippen molar-refractivity contribution in [3.63, 3.8) is 0 Å². The maximum absolute atomic E-state index is 13.1. The number of likely N-dealkylation sites (N-methyl/N-ethyl adjacent to an activating group) is 1. The number of hydrogen-bond donors (Lipinski definition) is 0. The molecule has 0 saturated carbocycles. The third-order valence-corrected chi connectivity index (χ3v) is 7.46. The van der Waals surface area contributed by atoms with Crippen LogP contribution in [0.4, 0.5) is 4.79 Å². The molecule has 0 radical (unpaired) electrons. The molecule has 0 unspecified atom stereocenters.